The molecule has 4 rings (SSSR count). The molecular formula is C32H34N2O2. The van der Waals surface area contributed by atoms with E-state index in [4.69, 9.17) is 19.4 Å². The van der Waals surface area contributed by atoms with Crippen molar-refractivity contribution < 1.29 is 9.47 Å². The van der Waals surface area contributed by atoms with Crippen LogP contribution in [-0.4, -0.2) is 23.2 Å². The van der Waals surface area contributed by atoms with E-state index in [0.717, 1.165) is 83.6 Å². The summed E-state index contributed by atoms with van der Waals surface area (Å²) in [4.78, 5) is 9.99. The highest BCUT2D eigenvalue weighted by Gasteiger charge is 2.14. The van der Waals surface area contributed by atoms with E-state index in [0.29, 0.717) is 13.2 Å². The molecule has 0 aliphatic rings. The minimum atomic E-state index is 0.705. The Morgan fingerprint density at radius 1 is 0.556 bits per heavy atom. The van der Waals surface area contributed by atoms with E-state index in [-0.39, 0.29) is 0 Å². The van der Waals surface area contributed by atoms with Crippen LogP contribution in [0.2, 0.25) is 0 Å². The van der Waals surface area contributed by atoms with E-state index in [2.05, 4.69) is 37.4 Å². The molecule has 0 amide bonds. The Balaban J connectivity index is 1.55. The lowest BCUT2D eigenvalue weighted by atomic mass is 10.0. The molecule has 3 aromatic carbocycles. The van der Waals surface area contributed by atoms with Gasteiger partial charge in [-0.05, 0) is 99.2 Å². The normalized spacial score (nSPS) is 10.8. The number of unbranched alkanes of at least 4 members (excludes halogenated alkanes) is 4. The van der Waals surface area contributed by atoms with E-state index in [9.17, 15) is 0 Å². The van der Waals surface area contributed by atoms with Gasteiger partial charge in [-0.3, -0.25) is 0 Å². The second-order valence-corrected chi connectivity index (χ2v) is 8.72. The molecule has 4 aromatic rings. The van der Waals surface area contributed by atoms with Crippen LogP contribution in [0.1, 0.15) is 38.5 Å². The molecule has 0 N–H and O–H groups in total. The van der Waals surface area contributed by atoms with Crippen LogP contribution in [0.25, 0.3) is 33.5 Å². The quantitative estimate of drug-likeness (QED) is 0.135. The molecule has 4 heteroatoms. The zero-order valence-electron chi connectivity index (χ0n) is 20.9. The first-order chi connectivity index (χ1) is 17.8. The fourth-order valence-electron chi connectivity index (χ4n) is 3.98. The molecular weight excluding hydrogens is 444 g/mol. The topological polar surface area (TPSA) is 44.2 Å². The Labute approximate surface area is 214 Å². The molecule has 0 saturated heterocycles. The molecule has 0 aliphatic carbocycles. The summed E-state index contributed by atoms with van der Waals surface area (Å²) in [5.74, 6) is 1.73. The molecule has 0 spiro atoms. The summed E-state index contributed by atoms with van der Waals surface area (Å²) >= 11 is 0. The lowest BCUT2D eigenvalue weighted by Gasteiger charge is -2.12. The first-order valence-corrected chi connectivity index (χ1v) is 12.7. The molecule has 0 atom stereocenters. The van der Waals surface area contributed by atoms with Gasteiger partial charge in [-0.25, -0.2) is 9.97 Å². The van der Waals surface area contributed by atoms with E-state index in [1.165, 1.54) is 0 Å². The lowest BCUT2D eigenvalue weighted by molar-refractivity contribution is 0.307. The number of aromatic nitrogens is 2. The van der Waals surface area contributed by atoms with Crippen molar-refractivity contribution in [2.24, 2.45) is 0 Å². The summed E-state index contributed by atoms with van der Waals surface area (Å²) in [5.41, 5.74) is 5.46. The van der Waals surface area contributed by atoms with Gasteiger partial charge in [0.15, 0.2) is 0 Å². The number of nitrogens with zero attached hydrogens (tertiary/aromatic N) is 2. The van der Waals surface area contributed by atoms with Crippen LogP contribution in [0.5, 0.6) is 11.5 Å². The van der Waals surface area contributed by atoms with Crippen LogP contribution in [-0.2, 0) is 0 Å². The number of rotatable bonds is 14. The first kappa shape index (κ1) is 25.2. The lowest BCUT2D eigenvalue weighted by Crippen LogP contribution is -1.98. The van der Waals surface area contributed by atoms with Gasteiger partial charge in [-0.15, -0.1) is 13.2 Å². The highest BCUT2D eigenvalue weighted by molar-refractivity contribution is 5.86. The van der Waals surface area contributed by atoms with Crippen LogP contribution in [0, 0.1) is 0 Å². The SMILES string of the molecule is C=CCCCCOc1ccc(-c2nc3ccccc3nc2-c2ccc(OCCCCC=C)cc2)cc1. The second-order valence-electron chi connectivity index (χ2n) is 8.72. The molecule has 0 bridgehead atoms. The smallest absolute Gasteiger partial charge is 0.119 e. The van der Waals surface area contributed by atoms with Crippen molar-refractivity contribution in [1.82, 2.24) is 9.97 Å². The van der Waals surface area contributed by atoms with Crippen LogP contribution < -0.4 is 9.47 Å². The summed E-state index contributed by atoms with van der Waals surface area (Å²) in [6.45, 7) is 8.94. The average Bonchev–Trinajstić information content (AvgIpc) is 2.93. The van der Waals surface area contributed by atoms with Crippen molar-refractivity contribution in [3.63, 3.8) is 0 Å². The van der Waals surface area contributed by atoms with Crippen molar-refractivity contribution in [2.75, 3.05) is 13.2 Å². The van der Waals surface area contributed by atoms with Gasteiger partial charge in [0.05, 0.1) is 35.6 Å². The third kappa shape index (κ3) is 6.82. The molecule has 1 heterocycles. The fraction of sp³-hybridized carbons (Fsp3) is 0.250. The third-order valence-electron chi connectivity index (χ3n) is 5.97. The van der Waals surface area contributed by atoms with E-state index in [1.807, 2.05) is 60.7 Å². The summed E-state index contributed by atoms with van der Waals surface area (Å²) < 4.78 is 11.8. The zero-order valence-corrected chi connectivity index (χ0v) is 20.9. The minimum absolute atomic E-state index is 0.705. The van der Waals surface area contributed by atoms with Gasteiger partial charge < -0.3 is 9.47 Å². The molecule has 0 fully saturated rings. The molecule has 0 unspecified atom stereocenters. The predicted octanol–water partition coefficient (Wildman–Crippen LogP) is 8.43. The van der Waals surface area contributed by atoms with Gasteiger partial charge in [0.2, 0.25) is 0 Å². The van der Waals surface area contributed by atoms with Gasteiger partial charge in [0.25, 0.3) is 0 Å². The Morgan fingerprint density at radius 3 is 1.36 bits per heavy atom. The van der Waals surface area contributed by atoms with Crippen molar-refractivity contribution in [1.29, 1.82) is 0 Å². The molecule has 184 valence electrons. The van der Waals surface area contributed by atoms with Gasteiger partial charge >= 0.3 is 0 Å². The summed E-state index contributed by atoms with van der Waals surface area (Å²) in [6, 6.07) is 24.2. The maximum Gasteiger partial charge on any atom is 0.119 e. The largest absolute Gasteiger partial charge is 0.494 e. The Hall–Kier alpha value is -3.92. The molecule has 36 heavy (non-hydrogen) atoms. The number of allylic oxidation sites excluding steroid dienone is 2. The molecule has 0 saturated carbocycles. The summed E-state index contributed by atoms with van der Waals surface area (Å²) in [5, 5.41) is 0. The molecule has 1 aromatic heterocycles. The highest BCUT2D eigenvalue weighted by atomic mass is 16.5. The summed E-state index contributed by atoms with van der Waals surface area (Å²) in [7, 11) is 0. The van der Waals surface area contributed by atoms with E-state index < -0.39 is 0 Å². The number of hydrogen-bond donors (Lipinski definition) is 0. The number of para-hydroxylation sites is 2. The Morgan fingerprint density at radius 2 is 0.972 bits per heavy atom. The maximum absolute atomic E-state index is 5.91. The Bertz CT molecular complexity index is 1160. The standard InChI is InChI=1S/C32H34N2O2/c1-3-5-7-11-23-35-27-19-15-25(16-20-27)31-32(34-30-14-10-9-13-29(30)33-31)26-17-21-28(22-18-26)36-24-12-8-6-4-2/h3-4,9-10,13-22H,1-2,5-8,11-12,23-24H2. The van der Waals surface area contributed by atoms with Crippen LogP contribution in [0.3, 0.4) is 0 Å². The van der Waals surface area contributed by atoms with Crippen molar-refractivity contribution in [3.05, 3.63) is 98.1 Å². The number of ether oxygens (including phenoxy) is 2. The molecule has 4 nitrogen and oxygen atoms in total. The average molecular weight is 479 g/mol. The number of hydrogen-bond acceptors (Lipinski definition) is 4. The summed E-state index contributed by atoms with van der Waals surface area (Å²) in [6.07, 6.45) is 10.2. The van der Waals surface area contributed by atoms with Gasteiger partial charge in [0.1, 0.15) is 11.5 Å². The van der Waals surface area contributed by atoms with Crippen LogP contribution >= 0.6 is 0 Å². The molecule has 0 aliphatic heterocycles. The monoisotopic (exact) mass is 478 g/mol. The predicted molar refractivity (Wildman–Crippen MR) is 149 cm³/mol. The molecule has 0 radical (unpaired) electrons. The van der Waals surface area contributed by atoms with Crippen molar-refractivity contribution >= 4 is 11.0 Å². The van der Waals surface area contributed by atoms with E-state index >= 15 is 0 Å². The van der Waals surface area contributed by atoms with Crippen LogP contribution in [0.15, 0.2) is 98.1 Å². The maximum atomic E-state index is 5.91. The Kier molecular flexibility index (Phi) is 9.26. The van der Waals surface area contributed by atoms with E-state index in [1.54, 1.807) is 0 Å². The van der Waals surface area contributed by atoms with Gasteiger partial charge in [-0.1, -0.05) is 24.3 Å². The third-order valence-corrected chi connectivity index (χ3v) is 5.97. The zero-order chi connectivity index (χ0) is 25.0. The van der Waals surface area contributed by atoms with Crippen molar-refractivity contribution in [3.8, 4) is 34.0 Å². The minimum Gasteiger partial charge on any atom is -0.494 e. The number of benzene rings is 3. The number of fused-ring (bicyclic) bond motifs is 1. The van der Waals surface area contributed by atoms with Gasteiger partial charge in [-0.2, -0.15) is 0 Å². The highest BCUT2D eigenvalue weighted by Crippen LogP contribution is 2.32. The fourth-order valence-corrected chi connectivity index (χ4v) is 3.98. The second kappa shape index (κ2) is 13.2. The van der Waals surface area contributed by atoms with Crippen molar-refractivity contribution in [2.45, 2.75) is 38.5 Å². The van der Waals surface area contributed by atoms with Crippen LogP contribution in [0.4, 0.5) is 0 Å². The van der Waals surface area contributed by atoms with Gasteiger partial charge in [0, 0.05) is 11.1 Å². The first-order valence-electron chi connectivity index (χ1n) is 12.7.